The Morgan fingerprint density at radius 3 is 2.15 bits per heavy atom. The van der Waals surface area contributed by atoms with Crippen LogP contribution in [0.15, 0.2) is 24.3 Å². The van der Waals surface area contributed by atoms with E-state index in [2.05, 4.69) is 16.8 Å². The summed E-state index contributed by atoms with van der Waals surface area (Å²) < 4.78 is 40.1. The molecule has 1 aliphatic rings. The number of aromatic nitrogens is 1. The SMILES string of the molecule is Cc1sc(N2CCN(C)CC2)nc1-c1ccc(C(C(C)C)C(F)(F)F)cc1. The van der Waals surface area contributed by atoms with Crippen LogP contribution in [0.4, 0.5) is 18.3 Å². The van der Waals surface area contributed by atoms with Crippen molar-refractivity contribution in [3.05, 3.63) is 34.7 Å². The van der Waals surface area contributed by atoms with Gasteiger partial charge in [0.1, 0.15) is 0 Å². The molecular formula is C20H26F3N3S. The fourth-order valence-corrected chi connectivity index (χ4v) is 4.57. The molecule has 0 saturated carbocycles. The maximum absolute atomic E-state index is 13.4. The van der Waals surface area contributed by atoms with Crippen molar-refractivity contribution >= 4 is 16.5 Å². The van der Waals surface area contributed by atoms with Gasteiger partial charge in [-0.25, -0.2) is 4.98 Å². The Morgan fingerprint density at radius 1 is 1.04 bits per heavy atom. The molecule has 1 atom stereocenters. The molecule has 1 saturated heterocycles. The summed E-state index contributed by atoms with van der Waals surface area (Å²) in [5, 5.41) is 0.995. The Kier molecular flexibility index (Phi) is 5.82. The van der Waals surface area contributed by atoms with Gasteiger partial charge in [-0.2, -0.15) is 13.2 Å². The minimum absolute atomic E-state index is 0.313. The molecular weight excluding hydrogens is 371 g/mol. The molecule has 0 radical (unpaired) electrons. The standard InChI is InChI=1S/C20H26F3N3S/c1-13(2)17(20(21,22)23)15-5-7-16(8-6-15)18-14(3)27-19(24-18)26-11-9-25(4)10-12-26/h5-8,13,17H,9-12H2,1-4H3. The predicted molar refractivity (Wildman–Crippen MR) is 106 cm³/mol. The average Bonchev–Trinajstić information content (AvgIpc) is 2.96. The number of nitrogens with zero attached hydrogens (tertiary/aromatic N) is 3. The van der Waals surface area contributed by atoms with Crippen molar-refractivity contribution in [3.63, 3.8) is 0 Å². The molecule has 0 N–H and O–H groups in total. The van der Waals surface area contributed by atoms with Gasteiger partial charge in [0.25, 0.3) is 0 Å². The first-order chi connectivity index (χ1) is 12.7. The summed E-state index contributed by atoms with van der Waals surface area (Å²) in [5.41, 5.74) is 2.06. The van der Waals surface area contributed by atoms with E-state index in [1.165, 1.54) is 0 Å². The largest absolute Gasteiger partial charge is 0.395 e. The summed E-state index contributed by atoms with van der Waals surface area (Å²) in [5.74, 6) is -1.94. The van der Waals surface area contributed by atoms with Crippen LogP contribution in [-0.4, -0.2) is 49.3 Å². The third-order valence-electron chi connectivity index (χ3n) is 5.12. The molecule has 3 rings (SSSR count). The molecule has 1 fully saturated rings. The Balaban J connectivity index is 1.83. The number of piperazine rings is 1. The number of benzene rings is 1. The molecule has 0 aliphatic carbocycles. The normalized spacial score (nSPS) is 17.6. The first kappa shape index (κ1) is 20.1. The van der Waals surface area contributed by atoms with Crippen molar-refractivity contribution in [3.8, 4) is 11.3 Å². The third-order valence-corrected chi connectivity index (χ3v) is 6.15. The molecule has 0 amide bonds. The summed E-state index contributed by atoms with van der Waals surface area (Å²) >= 11 is 1.65. The van der Waals surface area contributed by atoms with E-state index in [1.807, 2.05) is 6.92 Å². The Morgan fingerprint density at radius 2 is 1.63 bits per heavy atom. The second-order valence-electron chi connectivity index (χ2n) is 7.58. The van der Waals surface area contributed by atoms with Crippen LogP contribution in [0, 0.1) is 12.8 Å². The van der Waals surface area contributed by atoms with Crippen molar-refractivity contribution in [1.82, 2.24) is 9.88 Å². The lowest BCUT2D eigenvalue weighted by Crippen LogP contribution is -2.44. The zero-order valence-corrected chi connectivity index (χ0v) is 17.0. The summed E-state index contributed by atoms with van der Waals surface area (Å²) in [4.78, 5) is 10.5. The summed E-state index contributed by atoms with van der Waals surface area (Å²) in [6.45, 7) is 9.16. The van der Waals surface area contributed by atoms with Crippen LogP contribution in [0.5, 0.6) is 0 Å². The van der Waals surface area contributed by atoms with Gasteiger partial charge < -0.3 is 9.80 Å². The number of rotatable bonds is 4. The van der Waals surface area contributed by atoms with Crippen LogP contribution in [0.25, 0.3) is 11.3 Å². The van der Waals surface area contributed by atoms with Crippen LogP contribution in [0.2, 0.25) is 0 Å². The fourth-order valence-electron chi connectivity index (χ4n) is 3.58. The molecule has 7 heteroatoms. The van der Waals surface area contributed by atoms with E-state index in [1.54, 1.807) is 49.4 Å². The van der Waals surface area contributed by atoms with Gasteiger partial charge in [-0.1, -0.05) is 38.1 Å². The molecule has 2 heterocycles. The Hall–Kier alpha value is -1.60. The van der Waals surface area contributed by atoms with Crippen molar-refractivity contribution in [2.45, 2.75) is 32.9 Å². The van der Waals surface area contributed by atoms with Crippen molar-refractivity contribution in [1.29, 1.82) is 0 Å². The van der Waals surface area contributed by atoms with E-state index in [9.17, 15) is 13.2 Å². The lowest BCUT2D eigenvalue weighted by Gasteiger charge is -2.32. The number of thiazole rings is 1. The maximum atomic E-state index is 13.4. The number of anilines is 1. The van der Waals surface area contributed by atoms with E-state index in [0.717, 1.165) is 47.4 Å². The lowest BCUT2D eigenvalue weighted by atomic mass is 9.87. The highest BCUT2D eigenvalue weighted by Crippen LogP contribution is 2.41. The van der Waals surface area contributed by atoms with E-state index >= 15 is 0 Å². The minimum Gasteiger partial charge on any atom is -0.346 e. The average molecular weight is 398 g/mol. The number of alkyl halides is 3. The van der Waals surface area contributed by atoms with Gasteiger partial charge >= 0.3 is 6.18 Å². The van der Waals surface area contributed by atoms with Gasteiger partial charge in [0.05, 0.1) is 11.6 Å². The van der Waals surface area contributed by atoms with Gasteiger partial charge in [-0.3, -0.25) is 0 Å². The molecule has 1 unspecified atom stereocenters. The number of likely N-dealkylation sites (N-methyl/N-ethyl adjacent to an activating group) is 1. The number of hydrogen-bond acceptors (Lipinski definition) is 4. The molecule has 0 spiro atoms. The molecule has 3 nitrogen and oxygen atoms in total. The van der Waals surface area contributed by atoms with Crippen LogP contribution in [0.3, 0.4) is 0 Å². The summed E-state index contributed by atoms with van der Waals surface area (Å²) in [6.07, 6.45) is -4.24. The summed E-state index contributed by atoms with van der Waals surface area (Å²) in [6, 6.07) is 6.74. The van der Waals surface area contributed by atoms with Crippen molar-refractivity contribution in [2.75, 3.05) is 38.1 Å². The minimum atomic E-state index is -4.24. The van der Waals surface area contributed by atoms with Crippen LogP contribution >= 0.6 is 11.3 Å². The second kappa shape index (κ2) is 7.80. The first-order valence-corrected chi connectivity index (χ1v) is 10.1. The topological polar surface area (TPSA) is 19.4 Å². The van der Waals surface area contributed by atoms with Crippen LogP contribution in [-0.2, 0) is 0 Å². The number of halogens is 3. The van der Waals surface area contributed by atoms with Gasteiger partial charge in [-0.05, 0) is 25.5 Å². The zero-order valence-electron chi connectivity index (χ0n) is 16.2. The monoisotopic (exact) mass is 397 g/mol. The highest BCUT2D eigenvalue weighted by Gasteiger charge is 2.42. The molecule has 148 valence electrons. The van der Waals surface area contributed by atoms with Crippen LogP contribution < -0.4 is 4.90 Å². The fraction of sp³-hybridized carbons (Fsp3) is 0.550. The Bertz CT molecular complexity index is 760. The van der Waals surface area contributed by atoms with E-state index in [0.29, 0.717) is 5.56 Å². The molecule has 1 aromatic heterocycles. The van der Waals surface area contributed by atoms with Crippen molar-refractivity contribution in [2.24, 2.45) is 5.92 Å². The zero-order chi connectivity index (χ0) is 19.8. The van der Waals surface area contributed by atoms with E-state index < -0.39 is 18.0 Å². The van der Waals surface area contributed by atoms with Crippen LogP contribution in [0.1, 0.15) is 30.2 Å². The van der Waals surface area contributed by atoms with E-state index in [4.69, 9.17) is 4.98 Å². The Labute approximate surface area is 162 Å². The van der Waals surface area contributed by atoms with Gasteiger partial charge in [-0.15, -0.1) is 11.3 Å². The lowest BCUT2D eigenvalue weighted by molar-refractivity contribution is -0.159. The van der Waals surface area contributed by atoms with Crippen molar-refractivity contribution < 1.29 is 13.2 Å². The van der Waals surface area contributed by atoms with Gasteiger partial charge in [0, 0.05) is 36.6 Å². The first-order valence-electron chi connectivity index (χ1n) is 9.24. The maximum Gasteiger partial charge on any atom is 0.395 e. The highest BCUT2D eigenvalue weighted by atomic mass is 32.1. The smallest absolute Gasteiger partial charge is 0.346 e. The molecule has 1 aromatic carbocycles. The molecule has 1 aliphatic heterocycles. The molecule has 0 bridgehead atoms. The molecule has 2 aromatic rings. The number of aryl methyl sites for hydroxylation is 1. The molecule has 27 heavy (non-hydrogen) atoms. The summed E-state index contributed by atoms with van der Waals surface area (Å²) in [7, 11) is 2.11. The third kappa shape index (κ3) is 4.46. The second-order valence-corrected chi connectivity index (χ2v) is 8.76. The van der Waals surface area contributed by atoms with Gasteiger partial charge in [0.15, 0.2) is 5.13 Å². The quantitative estimate of drug-likeness (QED) is 0.709. The van der Waals surface area contributed by atoms with Gasteiger partial charge in [0.2, 0.25) is 0 Å². The van der Waals surface area contributed by atoms with E-state index in [-0.39, 0.29) is 0 Å². The highest BCUT2D eigenvalue weighted by molar-refractivity contribution is 7.16. The predicted octanol–water partition coefficient (Wildman–Crippen LogP) is 5.17. The number of hydrogen-bond donors (Lipinski definition) is 0.